The highest BCUT2D eigenvalue weighted by molar-refractivity contribution is 5.91. The maximum Gasteiger partial charge on any atom is 0.271 e. The molecule has 0 saturated heterocycles. The van der Waals surface area contributed by atoms with Gasteiger partial charge in [0, 0.05) is 6.20 Å². The van der Waals surface area contributed by atoms with Gasteiger partial charge in [-0.3, -0.25) is 9.78 Å². The lowest BCUT2D eigenvalue weighted by Crippen LogP contribution is -2.54. The molecule has 0 bridgehead atoms. The maximum atomic E-state index is 11.3. The van der Waals surface area contributed by atoms with Crippen LogP contribution in [0.3, 0.4) is 0 Å². The fourth-order valence-electron chi connectivity index (χ4n) is 0.802. The Morgan fingerprint density at radius 2 is 2.31 bits per heavy atom. The van der Waals surface area contributed by atoms with Gasteiger partial charge in [-0.25, -0.2) is 4.98 Å². The highest BCUT2D eigenvalue weighted by atomic mass is 16.1. The largest absolute Gasteiger partial charge is 0.356 e. The van der Waals surface area contributed by atoms with Gasteiger partial charge in [0.05, 0.1) is 25.0 Å². The zero-order chi connectivity index (χ0) is 9.68. The quantitative estimate of drug-likeness (QED) is 0.611. The number of nitrogens with one attached hydrogen (secondary N) is 1. The molecule has 70 valence electrons. The van der Waals surface area contributed by atoms with Gasteiger partial charge in [-0.15, -0.1) is 0 Å². The second-order valence-corrected chi connectivity index (χ2v) is 2.65. The number of aromatic nitrogens is 2. The summed E-state index contributed by atoms with van der Waals surface area (Å²) >= 11 is 0. The first-order chi connectivity index (χ1) is 6.24. The molecule has 5 heteroatoms. The molecule has 0 aliphatic carbocycles. The maximum absolute atomic E-state index is 11.3. The van der Waals surface area contributed by atoms with Crippen molar-refractivity contribution in [2.75, 3.05) is 13.1 Å². The van der Waals surface area contributed by atoms with Crippen LogP contribution in [0.5, 0.6) is 0 Å². The third-order valence-electron chi connectivity index (χ3n) is 1.48. The predicted octanol–water partition coefficient (Wildman–Crippen LogP) is -1.24. The number of amides is 1. The second kappa shape index (κ2) is 4.51. The molecule has 1 heterocycles. The molecule has 0 unspecified atom stereocenters. The molecule has 1 aromatic rings. The van der Waals surface area contributed by atoms with E-state index in [1.165, 1.54) is 6.20 Å². The molecule has 4 N–H and O–H groups in total. The molecular formula is C8H13N4O+. The van der Waals surface area contributed by atoms with Crippen LogP contribution in [0, 0.1) is 6.92 Å². The average molecular weight is 181 g/mol. The van der Waals surface area contributed by atoms with E-state index < -0.39 is 0 Å². The van der Waals surface area contributed by atoms with Crippen molar-refractivity contribution in [3.05, 3.63) is 23.8 Å². The Balaban J connectivity index is 2.61. The first kappa shape index (κ1) is 9.60. The summed E-state index contributed by atoms with van der Waals surface area (Å²) in [4.78, 5) is 19.2. The molecule has 0 radical (unpaired) electrons. The Kier molecular flexibility index (Phi) is 3.33. The van der Waals surface area contributed by atoms with Crippen LogP contribution in [0.1, 0.15) is 16.2 Å². The second-order valence-electron chi connectivity index (χ2n) is 2.65. The highest BCUT2D eigenvalue weighted by Crippen LogP contribution is 1.92. The van der Waals surface area contributed by atoms with Crippen LogP contribution in [-0.2, 0) is 0 Å². The Morgan fingerprint density at radius 3 is 2.85 bits per heavy atom. The zero-order valence-corrected chi connectivity index (χ0v) is 7.58. The van der Waals surface area contributed by atoms with Gasteiger partial charge in [-0.1, -0.05) is 0 Å². The molecule has 0 aliphatic rings. The summed E-state index contributed by atoms with van der Waals surface area (Å²) in [5.74, 6) is -0.198. The number of hydrogen-bond donors (Lipinski definition) is 2. The number of hydrogen-bond acceptors (Lipinski definition) is 3. The molecule has 0 fully saturated rings. The van der Waals surface area contributed by atoms with Gasteiger partial charge in [0.25, 0.3) is 5.91 Å². The summed E-state index contributed by atoms with van der Waals surface area (Å²) in [6, 6.07) is 0. The van der Waals surface area contributed by atoms with Gasteiger partial charge in [-0.2, -0.15) is 0 Å². The van der Waals surface area contributed by atoms with Crippen LogP contribution < -0.4 is 11.1 Å². The normalized spacial score (nSPS) is 9.69. The minimum absolute atomic E-state index is 0.198. The number of rotatable bonds is 3. The molecule has 0 aliphatic heterocycles. The Hall–Kier alpha value is -1.49. The van der Waals surface area contributed by atoms with Gasteiger partial charge in [0.1, 0.15) is 5.69 Å². The van der Waals surface area contributed by atoms with Crippen LogP contribution >= 0.6 is 0 Å². The third kappa shape index (κ3) is 2.79. The van der Waals surface area contributed by atoms with E-state index in [-0.39, 0.29) is 5.91 Å². The van der Waals surface area contributed by atoms with E-state index in [1.807, 2.05) is 6.92 Å². The zero-order valence-electron chi connectivity index (χ0n) is 7.58. The van der Waals surface area contributed by atoms with Gasteiger partial charge < -0.3 is 11.1 Å². The van der Waals surface area contributed by atoms with Crippen LogP contribution in [0.15, 0.2) is 12.4 Å². The van der Waals surface area contributed by atoms with Crippen LogP contribution in [0.2, 0.25) is 0 Å². The molecule has 0 saturated carbocycles. The topological polar surface area (TPSA) is 82.5 Å². The fraction of sp³-hybridized carbons (Fsp3) is 0.375. The summed E-state index contributed by atoms with van der Waals surface area (Å²) in [7, 11) is 0. The lowest BCUT2D eigenvalue weighted by atomic mass is 10.4. The number of aryl methyl sites for hydroxylation is 1. The number of quaternary nitrogens is 1. The molecule has 0 spiro atoms. The monoisotopic (exact) mass is 181 g/mol. The minimum Gasteiger partial charge on any atom is -0.356 e. The van der Waals surface area contributed by atoms with E-state index in [0.717, 1.165) is 5.69 Å². The van der Waals surface area contributed by atoms with Crippen molar-refractivity contribution in [2.45, 2.75) is 6.92 Å². The van der Waals surface area contributed by atoms with Gasteiger partial charge >= 0.3 is 0 Å². The number of nitrogens with zero attached hydrogens (tertiary/aromatic N) is 2. The Bertz CT molecular complexity index is 283. The van der Waals surface area contributed by atoms with Crippen LogP contribution in [-0.4, -0.2) is 29.0 Å². The van der Waals surface area contributed by atoms with Gasteiger partial charge in [-0.05, 0) is 6.92 Å². The smallest absolute Gasteiger partial charge is 0.271 e. The van der Waals surface area contributed by atoms with Crippen molar-refractivity contribution < 1.29 is 10.5 Å². The average Bonchev–Trinajstić information content (AvgIpc) is 2.15. The Labute approximate surface area is 76.4 Å². The van der Waals surface area contributed by atoms with Gasteiger partial charge in [0.15, 0.2) is 0 Å². The Morgan fingerprint density at radius 1 is 1.54 bits per heavy atom. The standard InChI is InChI=1S/C8H12N4O/c1-6-4-12-7(5-11-6)8(13)10-3-2-9/h4-5H,2-3,9H2,1H3,(H,10,13)/p+1. The van der Waals surface area contributed by atoms with Crippen molar-refractivity contribution in [3.63, 3.8) is 0 Å². The fourth-order valence-corrected chi connectivity index (χ4v) is 0.802. The van der Waals surface area contributed by atoms with Crippen molar-refractivity contribution in [3.8, 4) is 0 Å². The molecule has 0 atom stereocenters. The molecular weight excluding hydrogens is 168 g/mol. The van der Waals surface area contributed by atoms with Crippen molar-refractivity contribution in [1.29, 1.82) is 0 Å². The van der Waals surface area contributed by atoms with E-state index >= 15 is 0 Å². The summed E-state index contributed by atoms with van der Waals surface area (Å²) in [5, 5.41) is 2.66. The SMILES string of the molecule is Cc1cnc(C(=O)NCC[NH3+])cn1. The van der Waals surface area contributed by atoms with Gasteiger partial charge in [0.2, 0.25) is 0 Å². The molecule has 1 rings (SSSR count). The van der Waals surface area contributed by atoms with Crippen molar-refractivity contribution in [1.82, 2.24) is 15.3 Å². The summed E-state index contributed by atoms with van der Waals surface area (Å²) in [5.41, 5.74) is 4.76. The van der Waals surface area contributed by atoms with E-state index in [2.05, 4.69) is 21.0 Å². The highest BCUT2D eigenvalue weighted by Gasteiger charge is 2.05. The lowest BCUT2D eigenvalue weighted by molar-refractivity contribution is -0.364. The predicted molar refractivity (Wildman–Crippen MR) is 46.9 cm³/mol. The molecule has 1 amide bonds. The molecule has 5 nitrogen and oxygen atoms in total. The summed E-state index contributed by atoms with van der Waals surface area (Å²) in [6.07, 6.45) is 3.03. The molecule has 1 aromatic heterocycles. The van der Waals surface area contributed by atoms with Crippen LogP contribution in [0.25, 0.3) is 0 Å². The molecule has 13 heavy (non-hydrogen) atoms. The van der Waals surface area contributed by atoms with Crippen LogP contribution in [0.4, 0.5) is 0 Å². The number of carbonyl (C=O) groups excluding carboxylic acids is 1. The molecule has 0 aromatic carbocycles. The summed E-state index contributed by atoms with van der Waals surface area (Å²) < 4.78 is 0. The summed E-state index contributed by atoms with van der Waals surface area (Å²) in [6.45, 7) is 3.06. The van der Waals surface area contributed by atoms with Crippen molar-refractivity contribution >= 4 is 5.91 Å². The van der Waals surface area contributed by atoms with E-state index in [0.29, 0.717) is 18.8 Å². The lowest BCUT2D eigenvalue weighted by Gasteiger charge is -2.00. The van der Waals surface area contributed by atoms with E-state index in [4.69, 9.17) is 0 Å². The van der Waals surface area contributed by atoms with E-state index in [1.54, 1.807) is 6.20 Å². The van der Waals surface area contributed by atoms with Crippen molar-refractivity contribution in [2.24, 2.45) is 0 Å². The number of carbonyl (C=O) groups is 1. The first-order valence-electron chi connectivity index (χ1n) is 4.10. The first-order valence-corrected chi connectivity index (χ1v) is 4.10. The minimum atomic E-state index is -0.198. The van der Waals surface area contributed by atoms with E-state index in [9.17, 15) is 4.79 Å². The third-order valence-corrected chi connectivity index (χ3v) is 1.48.